The van der Waals surface area contributed by atoms with Gasteiger partial charge in [-0.1, -0.05) is 12.1 Å². The van der Waals surface area contributed by atoms with Gasteiger partial charge in [0.25, 0.3) is 5.91 Å². The molecule has 2 N–H and O–H groups in total. The van der Waals surface area contributed by atoms with E-state index in [0.29, 0.717) is 16.9 Å². The number of aromatic nitrogens is 3. The Hall–Kier alpha value is -2.93. The summed E-state index contributed by atoms with van der Waals surface area (Å²) in [5, 5.41) is 17.2. The summed E-state index contributed by atoms with van der Waals surface area (Å²) in [7, 11) is 1.77. The van der Waals surface area contributed by atoms with Gasteiger partial charge in [0, 0.05) is 29.9 Å². The van der Waals surface area contributed by atoms with Crippen LogP contribution in [0.3, 0.4) is 0 Å². The first-order chi connectivity index (χ1) is 11.5. The average Bonchev–Trinajstić information content (AvgIpc) is 3.24. The molecular formula is C17H18N4O3. The fourth-order valence-corrected chi connectivity index (χ4v) is 2.30. The van der Waals surface area contributed by atoms with Crippen molar-refractivity contribution in [3.05, 3.63) is 60.4 Å². The summed E-state index contributed by atoms with van der Waals surface area (Å²) < 4.78 is 6.82. The molecule has 0 saturated heterocycles. The van der Waals surface area contributed by atoms with Crippen LogP contribution in [0.25, 0.3) is 11.3 Å². The Kier molecular flexibility index (Phi) is 4.18. The second-order valence-corrected chi connectivity index (χ2v) is 5.80. The van der Waals surface area contributed by atoms with Crippen molar-refractivity contribution in [1.82, 2.24) is 20.1 Å². The monoisotopic (exact) mass is 326 g/mol. The molecule has 3 rings (SSSR count). The van der Waals surface area contributed by atoms with E-state index in [1.807, 2.05) is 0 Å². The molecule has 7 heteroatoms. The molecule has 0 aliphatic carbocycles. The van der Waals surface area contributed by atoms with Gasteiger partial charge in [0.15, 0.2) is 12.2 Å². The second kappa shape index (κ2) is 6.29. The maximum absolute atomic E-state index is 12.2. The second-order valence-electron chi connectivity index (χ2n) is 5.80. The molecule has 0 aliphatic rings. The largest absolute Gasteiger partial charge is 0.444 e. The average molecular weight is 326 g/mol. The van der Waals surface area contributed by atoms with E-state index in [1.165, 1.54) is 6.39 Å². The molecule has 0 aliphatic heterocycles. The fourth-order valence-electron chi connectivity index (χ4n) is 2.30. The number of hydrogen-bond donors (Lipinski definition) is 2. The Morgan fingerprint density at radius 2 is 2.08 bits per heavy atom. The van der Waals surface area contributed by atoms with E-state index in [-0.39, 0.29) is 12.5 Å². The van der Waals surface area contributed by atoms with E-state index in [9.17, 15) is 9.90 Å². The summed E-state index contributed by atoms with van der Waals surface area (Å²) in [6.45, 7) is 1.72. The van der Waals surface area contributed by atoms with Gasteiger partial charge in [-0.2, -0.15) is 5.10 Å². The lowest BCUT2D eigenvalue weighted by Crippen LogP contribution is -2.38. The lowest BCUT2D eigenvalue weighted by Gasteiger charge is -2.22. The van der Waals surface area contributed by atoms with Crippen LogP contribution in [0.1, 0.15) is 22.8 Å². The summed E-state index contributed by atoms with van der Waals surface area (Å²) in [6, 6.07) is 6.97. The topological polar surface area (TPSA) is 93.2 Å². The van der Waals surface area contributed by atoms with Crippen LogP contribution >= 0.6 is 0 Å². The number of carbonyl (C=O) groups excluding carboxylic acids is 1. The number of aliphatic hydroxyl groups is 1. The highest BCUT2D eigenvalue weighted by Gasteiger charge is 2.25. The molecule has 1 unspecified atom stereocenters. The number of nitrogens with one attached hydrogen (secondary N) is 1. The Balaban J connectivity index is 1.64. The van der Waals surface area contributed by atoms with Crippen molar-refractivity contribution in [2.45, 2.75) is 12.5 Å². The molecule has 7 nitrogen and oxygen atoms in total. The van der Waals surface area contributed by atoms with Gasteiger partial charge in [-0.05, 0) is 19.1 Å². The third-order valence-corrected chi connectivity index (χ3v) is 3.78. The third-order valence-electron chi connectivity index (χ3n) is 3.78. The smallest absolute Gasteiger partial charge is 0.251 e. The van der Waals surface area contributed by atoms with Crippen LogP contribution in [0, 0.1) is 0 Å². The first-order valence-electron chi connectivity index (χ1n) is 7.44. The van der Waals surface area contributed by atoms with E-state index in [4.69, 9.17) is 4.42 Å². The number of aryl methyl sites for hydroxylation is 1. The molecule has 124 valence electrons. The van der Waals surface area contributed by atoms with E-state index in [0.717, 1.165) is 5.56 Å². The SMILES string of the molecule is Cn1cc(C(C)(O)CNC(=O)c2ccc(-c3cnco3)cc2)cn1. The van der Waals surface area contributed by atoms with Gasteiger partial charge in [-0.25, -0.2) is 4.98 Å². The van der Waals surface area contributed by atoms with Crippen molar-refractivity contribution in [1.29, 1.82) is 0 Å². The molecule has 1 atom stereocenters. The van der Waals surface area contributed by atoms with Crippen molar-refractivity contribution in [2.75, 3.05) is 6.54 Å². The molecule has 1 aromatic carbocycles. The number of nitrogens with zero attached hydrogens (tertiary/aromatic N) is 3. The lowest BCUT2D eigenvalue weighted by molar-refractivity contribution is 0.0526. The van der Waals surface area contributed by atoms with E-state index in [1.54, 1.807) is 61.5 Å². The predicted molar refractivity (Wildman–Crippen MR) is 87.1 cm³/mol. The zero-order valence-electron chi connectivity index (χ0n) is 13.4. The summed E-state index contributed by atoms with van der Waals surface area (Å²) >= 11 is 0. The van der Waals surface area contributed by atoms with Crippen molar-refractivity contribution in [3.8, 4) is 11.3 Å². The first kappa shape index (κ1) is 15.9. The highest BCUT2D eigenvalue weighted by molar-refractivity contribution is 5.94. The van der Waals surface area contributed by atoms with Crippen molar-refractivity contribution in [3.63, 3.8) is 0 Å². The molecular weight excluding hydrogens is 308 g/mol. The minimum absolute atomic E-state index is 0.0847. The van der Waals surface area contributed by atoms with E-state index in [2.05, 4.69) is 15.4 Å². The number of carbonyl (C=O) groups is 1. The Morgan fingerprint density at radius 3 is 2.67 bits per heavy atom. The number of amides is 1. The summed E-state index contributed by atoms with van der Waals surface area (Å²) in [6.07, 6.45) is 6.27. The van der Waals surface area contributed by atoms with Crippen LogP contribution in [0.2, 0.25) is 0 Å². The maximum Gasteiger partial charge on any atom is 0.251 e. The van der Waals surface area contributed by atoms with Crippen LogP contribution in [0.15, 0.2) is 53.7 Å². The predicted octanol–water partition coefficient (Wildman–Crippen LogP) is 1.71. The standard InChI is InChI=1S/C17H18N4O3/c1-17(23,14-7-20-21(2)9-14)10-19-16(22)13-5-3-12(4-6-13)15-8-18-11-24-15/h3-9,11,23H,10H2,1-2H3,(H,19,22). The molecule has 24 heavy (non-hydrogen) atoms. The molecule has 0 saturated carbocycles. The number of hydrogen-bond acceptors (Lipinski definition) is 5. The number of oxazole rings is 1. The fraction of sp³-hybridized carbons (Fsp3) is 0.235. The van der Waals surface area contributed by atoms with E-state index >= 15 is 0 Å². The highest BCUT2D eigenvalue weighted by atomic mass is 16.3. The van der Waals surface area contributed by atoms with Crippen molar-refractivity contribution < 1.29 is 14.3 Å². The molecule has 2 aromatic heterocycles. The number of rotatable bonds is 5. The zero-order valence-corrected chi connectivity index (χ0v) is 13.4. The molecule has 0 fully saturated rings. The van der Waals surface area contributed by atoms with Gasteiger partial charge < -0.3 is 14.8 Å². The lowest BCUT2D eigenvalue weighted by atomic mass is 9.99. The zero-order chi connectivity index (χ0) is 17.2. The van der Waals surface area contributed by atoms with Gasteiger partial charge in [0.1, 0.15) is 5.60 Å². The Bertz CT molecular complexity index is 820. The molecule has 2 heterocycles. The minimum Gasteiger partial charge on any atom is -0.444 e. The van der Waals surface area contributed by atoms with Crippen LogP contribution in [0.4, 0.5) is 0 Å². The van der Waals surface area contributed by atoms with Gasteiger partial charge in [-0.15, -0.1) is 0 Å². The summed E-state index contributed by atoms with van der Waals surface area (Å²) in [5.41, 5.74) is 0.793. The van der Waals surface area contributed by atoms with Crippen LogP contribution in [-0.2, 0) is 12.6 Å². The highest BCUT2D eigenvalue weighted by Crippen LogP contribution is 2.20. The quantitative estimate of drug-likeness (QED) is 0.744. The van der Waals surface area contributed by atoms with Crippen molar-refractivity contribution >= 4 is 5.91 Å². The minimum atomic E-state index is -1.19. The van der Waals surface area contributed by atoms with Crippen LogP contribution < -0.4 is 5.32 Å². The molecule has 3 aromatic rings. The molecule has 0 radical (unpaired) electrons. The summed E-state index contributed by atoms with van der Waals surface area (Å²) in [5.74, 6) is 0.379. The van der Waals surface area contributed by atoms with Crippen molar-refractivity contribution in [2.24, 2.45) is 7.05 Å². The van der Waals surface area contributed by atoms with Gasteiger partial charge >= 0.3 is 0 Å². The third kappa shape index (κ3) is 3.36. The Morgan fingerprint density at radius 1 is 1.33 bits per heavy atom. The van der Waals surface area contributed by atoms with Crippen LogP contribution in [-0.4, -0.2) is 32.3 Å². The Labute approximate surface area is 138 Å². The molecule has 1 amide bonds. The first-order valence-corrected chi connectivity index (χ1v) is 7.44. The molecule has 0 spiro atoms. The van der Waals surface area contributed by atoms with E-state index < -0.39 is 5.60 Å². The molecule has 0 bridgehead atoms. The van der Waals surface area contributed by atoms with Gasteiger partial charge in [0.2, 0.25) is 0 Å². The summed E-state index contributed by atoms with van der Waals surface area (Å²) in [4.78, 5) is 16.1. The van der Waals surface area contributed by atoms with Crippen LogP contribution in [0.5, 0.6) is 0 Å². The van der Waals surface area contributed by atoms with Gasteiger partial charge in [-0.3, -0.25) is 9.48 Å². The maximum atomic E-state index is 12.2. The number of benzene rings is 1. The van der Waals surface area contributed by atoms with Gasteiger partial charge in [0.05, 0.1) is 18.9 Å². The normalized spacial score (nSPS) is 13.5.